The summed E-state index contributed by atoms with van der Waals surface area (Å²) in [5.74, 6) is -7.39. The molecule has 1 heterocycles. The highest BCUT2D eigenvalue weighted by Gasteiger charge is 2.69. The molecule has 5 atom stereocenters. The third-order valence-electron chi connectivity index (χ3n) is 8.15. The minimum Gasteiger partial charge on any atom is -0.469 e. The van der Waals surface area contributed by atoms with Crippen LogP contribution >= 0.6 is 11.6 Å². The average molecular weight is 573 g/mol. The first-order chi connectivity index (χ1) is 17.9. The van der Waals surface area contributed by atoms with Crippen molar-refractivity contribution in [2.45, 2.75) is 34.9 Å². The van der Waals surface area contributed by atoms with Crippen LogP contribution in [0, 0.1) is 35.2 Å². The predicted molar refractivity (Wildman–Crippen MR) is 129 cm³/mol. The lowest BCUT2D eigenvalue weighted by Crippen LogP contribution is -2.54. The van der Waals surface area contributed by atoms with E-state index in [1.54, 1.807) is 12.1 Å². The Balaban J connectivity index is 1.47. The lowest BCUT2D eigenvalue weighted by atomic mass is 9.72. The van der Waals surface area contributed by atoms with Gasteiger partial charge in [0.25, 0.3) is 5.91 Å². The van der Waals surface area contributed by atoms with Crippen LogP contribution in [0.5, 0.6) is 0 Å². The van der Waals surface area contributed by atoms with Gasteiger partial charge in [0.05, 0.1) is 34.4 Å². The van der Waals surface area contributed by atoms with Crippen LogP contribution in [0.1, 0.15) is 29.6 Å². The van der Waals surface area contributed by atoms with Crippen molar-refractivity contribution in [3.05, 3.63) is 58.4 Å². The first-order valence-corrected chi connectivity index (χ1v) is 13.8. The number of halogens is 4. The number of nitrogens with one attached hydrogen (secondary N) is 1. The number of methoxy groups -OCH3 is 1. The molecule has 204 valence electrons. The molecule has 2 aromatic rings. The zero-order chi connectivity index (χ0) is 27.6. The number of ether oxygens (including phenoxy) is 1. The molecule has 2 aliphatic carbocycles. The van der Waals surface area contributed by atoms with Crippen molar-refractivity contribution < 1.29 is 40.8 Å². The van der Waals surface area contributed by atoms with Crippen LogP contribution in [0.2, 0.25) is 5.02 Å². The Morgan fingerprint density at radius 2 is 1.84 bits per heavy atom. The Labute approximate surface area is 221 Å². The van der Waals surface area contributed by atoms with E-state index in [9.17, 15) is 31.2 Å². The zero-order valence-corrected chi connectivity index (χ0v) is 21.9. The van der Waals surface area contributed by atoms with E-state index < -0.39 is 61.8 Å². The second-order valence-corrected chi connectivity index (χ2v) is 12.4. The van der Waals surface area contributed by atoms with Crippen molar-refractivity contribution in [3.63, 3.8) is 0 Å². The van der Waals surface area contributed by atoms with E-state index in [0.717, 1.165) is 6.07 Å². The number of anilines is 1. The number of hydrogen-bond donors (Lipinski definition) is 1. The first-order valence-electron chi connectivity index (χ1n) is 11.9. The largest absolute Gasteiger partial charge is 0.469 e. The van der Waals surface area contributed by atoms with Crippen molar-refractivity contribution in [1.82, 2.24) is 5.06 Å². The lowest BCUT2D eigenvalue weighted by molar-refractivity contribution is -0.163. The number of benzene rings is 2. The van der Waals surface area contributed by atoms with E-state index >= 15 is 0 Å². The van der Waals surface area contributed by atoms with Gasteiger partial charge in [-0.05, 0) is 49.3 Å². The summed E-state index contributed by atoms with van der Waals surface area (Å²) >= 11 is 6.32. The molecule has 3 fully saturated rings. The molecular weight excluding hydrogens is 549 g/mol. The molecule has 2 aromatic carbocycles. The van der Waals surface area contributed by atoms with Crippen molar-refractivity contribution in [1.29, 1.82) is 0 Å². The van der Waals surface area contributed by atoms with Gasteiger partial charge in [0.1, 0.15) is 5.92 Å². The maximum atomic E-state index is 14.0. The van der Waals surface area contributed by atoms with E-state index in [1.807, 2.05) is 0 Å². The number of fused-ring (bicyclic) bond motifs is 3. The third-order valence-corrected chi connectivity index (χ3v) is 11.0. The fourth-order valence-electron chi connectivity index (χ4n) is 6.53. The van der Waals surface area contributed by atoms with Gasteiger partial charge >= 0.3 is 5.97 Å². The predicted octanol–water partition coefficient (Wildman–Crippen LogP) is 3.99. The summed E-state index contributed by atoms with van der Waals surface area (Å²) in [4.78, 5) is 30.8. The Morgan fingerprint density at radius 1 is 1.16 bits per heavy atom. The molecule has 3 unspecified atom stereocenters. The topological polar surface area (TPSA) is 102 Å². The Bertz CT molecular complexity index is 1420. The van der Waals surface area contributed by atoms with Crippen LogP contribution in [0.3, 0.4) is 0 Å². The number of hydroxylamine groups is 2. The number of rotatable bonds is 5. The number of sulfone groups is 1. The Hall–Kier alpha value is -2.67. The fraction of sp³-hybridized carbons (Fsp3) is 0.440. The minimum absolute atomic E-state index is 0.0835. The number of carbonyl (C=O) groups excluding carboxylic acids is 2. The van der Waals surface area contributed by atoms with Gasteiger partial charge in [0.2, 0.25) is 0 Å². The smallest absolute Gasteiger partial charge is 0.313 e. The molecule has 8 nitrogen and oxygen atoms in total. The van der Waals surface area contributed by atoms with Crippen LogP contribution in [0.15, 0.2) is 35.2 Å². The molecule has 0 radical (unpaired) electrons. The minimum atomic E-state index is -4.11. The first kappa shape index (κ1) is 26.9. The SMILES string of the molecule is COC(=O)C1CON(C)[C@]12C[C@@H]1CCC2C1S(=O)(=O)c1cc(C(=O)Nc2cc(F)c(F)c(F)c2)ccc1Cl. The fourth-order valence-corrected chi connectivity index (χ4v) is 9.44. The molecule has 5 rings (SSSR count). The van der Waals surface area contributed by atoms with Crippen LogP contribution < -0.4 is 5.32 Å². The van der Waals surface area contributed by atoms with Crippen LogP contribution in [0.4, 0.5) is 18.9 Å². The summed E-state index contributed by atoms with van der Waals surface area (Å²) in [6, 6.07) is 4.85. The second kappa shape index (κ2) is 9.51. The number of amides is 1. The van der Waals surface area contributed by atoms with E-state index in [2.05, 4.69) is 5.32 Å². The monoisotopic (exact) mass is 572 g/mol. The summed E-state index contributed by atoms with van der Waals surface area (Å²) < 4.78 is 73.5. The quantitative estimate of drug-likeness (QED) is 0.427. The number of nitrogens with zero attached hydrogens (tertiary/aromatic N) is 1. The molecule has 1 N–H and O–H groups in total. The van der Waals surface area contributed by atoms with E-state index in [4.69, 9.17) is 21.2 Å². The molecule has 38 heavy (non-hydrogen) atoms. The van der Waals surface area contributed by atoms with Gasteiger partial charge in [-0.25, -0.2) is 21.6 Å². The third kappa shape index (κ3) is 4.00. The standard InChI is InChI=1S/C25H24ClF3N2O6S/c1-31-25(16(11-37-31)24(33)36-2)10-13-3-5-15(25)22(13)38(34,35)20-7-12(4-6-17(20)26)23(32)30-14-8-18(27)21(29)19(28)9-14/h4,6-9,13,15-16,22H,3,5,10-11H2,1-2H3,(H,30,32)/t13-,15?,16?,22?,25-/m0/s1. The van der Waals surface area contributed by atoms with Gasteiger partial charge in [0, 0.05) is 30.4 Å². The van der Waals surface area contributed by atoms with Crippen molar-refractivity contribution in [2.24, 2.45) is 17.8 Å². The van der Waals surface area contributed by atoms with E-state index in [0.29, 0.717) is 31.4 Å². The molecule has 2 bridgehead atoms. The van der Waals surface area contributed by atoms with Gasteiger partial charge in [-0.3, -0.25) is 14.4 Å². The summed E-state index contributed by atoms with van der Waals surface area (Å²) in [6.07, 6.45) is 1.60. The molecular formula is C25H24ClF3N2O6S. The number of esters is 1. The highest BCUT2D eigenvalue weighted by atomic mass is 35.5. The molecule has 13 heteroatoms. The summed E-state index contributed by atoms with van der Waals surface area (Å²) in [5, 5.41) is 2.85. The van der Waals surface area contributed by atoms with Gasteiger partial charge in [-0.15, -0.1) is 0 Å². The summed E-state index contributed by atoms with van der Waals surface area (Å²) in [6.45, 7) is 0.0835. The van der Waals surface area contributed by atoms with Crippen LogP contribution in [-0.4, -0.2) is 56.9 Å². The normalized spacial score (nSPS) is 28.7. The van der Waals surface area contributed by atoms with Crippen molar-refractivity contribution in [2.75, 3.05) is 26.1 Å². The summed E-state index contributed by atoms with van der Waals surface area (Å²) in [5.41, 5.74) is -1.34. The molecule has 1 saturated heterocycles. The highest BCUT2D eigenvalue weighted by Crippen LogP contribution is 2.61. The Kier molecular flexibility index (Phi) is 6.74. The van der Waals surface area contributed by atoms with Gasteiger partial charge in [-0.2, -0.15) is 5.06 Å². The maximum absolute atomic E-state index is 14.0. The van der Waals surface area contributed by atoms with Crippen molar-refractivity contribution in [3.8, 4) is 0 Å². The molecule has 1 spiro atoms. The highest BCUT2D eigenvalue weighted by molar-refractivity contribution is 7.92. The van der Waals surface area contributed by atoms with E-state index in [1.165, 1.54) is 19.2 Å². The zero-order valence-electron chi connectivity index (χ0n) is 20.3. The second-order valence-electron chi connectivity index (χ2n) is 9.87. The van der Waals surface area contributed by atoms with E-state index in [-0.39, 0.29) is 33.7 Å². The average Bonchev–Trinajstić information content (AvgIpc) is 3.54. The van der Waals surface area contributed by atoms with Crippen LogP contribution in [0.25, 0.3) is 0 Å². The van der Waals surface area contributed by atoms with Gasteiger partial charge in [-0.1, -0.05) is 11.6 Å². The molecule has 1 aliphatic heterocycles. The number of hydrogen-bond acceptors (Lipinski definition) is 7. The maximum Gasteiger partial charge on any atom is 0.313 e. The van der Waals surface area contributed by atoms with Gasteiger partial charge < -0.3 is 10.1 Å². The molecule has 0 aromatic heterocycles. The van der Waals surface area contributed by atoms with Gasteiger partial charge in [0.15, 0.2) is 27.3 Å². The van der Waals surface area contributed by atoms with Crippen LogP contribution in [-0.2, 0) is 24.2 Å². The molecule has 1 amide bonds. The lowest BCUT2D eigenvalue weighted by Gasteiger charge is -2.41. The molecule has 2 saturated carbocycles. The Morgan fingerprint density at radius 3 is 2.50 bits per heavy atom. The van der Waals surface area contributed by atoms with Crippen molar-refractivity contribution >= 4 is 39.0 Å². The molecule has 3 aliphatic rings. The number of carbonyl (C=O) groups is 2. The summed E-state index contributed by atoms with van der Waals surface area (Å²) in [7, 11) is -1.15.